The van der Waals surface area contributed by atoms with E-state index in [1.54, 1.807) is 37.4 Å². The highest BCUT2D eigenvalue weighted by Crippen LogP contribution is 2.27. The van der Waals surface area contributed by atoms with E-state index in [0.29, 0.717) is 16.3 Å². The van der Waals surface area contributed by atoms with Gasteiger partial charge in [-0.2, -0.15) is 0 Å². The van der Waals surface area contributed by atoms with E-state index >= 15 is 0 Å². The van der Waals surface area contributed by atoms with Crippen LogP contribution in [-0.2, 0) is 4.79 Å². The van der Waals surface area contributed by atoms with Crippen molar-refractivity contribution < 1.29 is 14.6 Å². The second kappa shape index (κ2) is 6.26. The molecule has 0 heterocycles. The monoisotopic (exact) mass is 288 g/mol. The van der Waals surface area contributed by atoms with Crippen LogP contribution in [0.15, 0.2) is 54.6 Å². The van der Waals surface area contributed by atoms with E-state index in [9.17, 15) is 4.79 Å². The van der Waals surface area contributed by atoms with E-state index in [4.69, 9.17) is 21.4 Å². The van der Waals surface area contributed by atoms with Crippen LogP contribution in [-0.4, -0.2) is 18.2 Å². The minimum Gasteiger partial charge on any atom is -0.497 e. The van der Waals surface area contributed by atoms with E-state index in [1.165, 1.54) is 6.08 Å². The van der Waals surface area contributed by atoms with Gasteiger partial charge in [0.2, 0.25) is 0 Å². The molecule has 0 spiro atoms. The summed E-state index contributed by atoms with van der Waals surface area (Å²) in [6.07, 6.45) is 1.17. The van der Waals surface area contributed by atoms with Crippen molar-refractivity contribution in [2.24, 2.45) is 0 Å². The number of benzene rings is 2. The van der Waals surface area contributed by atoms with Crippen molar-refractivity contribution in [1.29, 1.82) is 0 Å². The zero-order valence-electron chi connectivity index (χ0n) is 10.8. The van der Waals surface area contributed by atoms with Crippen LogP contribution in [0.4, 0.5) is 0 Å². The lowest BCUT2D eigenvalue weighted by Gasteiger charge is -2.09. The number of rotatable bonds is 4. The summed E-state index contributed by atoms with van der Waals surface area (Å²) in [7, 11) is 1.57. The van der Waals surface area contributed by atoms with Crippen molar-refractivity contribution in [3.05, 3.63) is 70.8 Å². The first-order valence-corrected chi connectivity index (χ1v) is 6.33. The van der Waals surface area contributed by atoms with Crippen LogP contribution in [0.1, 0.15) is 11.1 Å². The van der Waals surface area contributed by atoms with Crippen LogP contribution < -0.4 is 4.74 Å². The van der Waals surface area contributed by atoms with Gasteiger partial charge < -0.3 is 9.84 Å². The molecule has 1 N–H and O–H groups in total. The topological polar surface area (TPSA) is 46.5 Å². The van der Waals surface area contributed by atoms with Crippen LogP contribution in [0.3, 0.4) is 0 Å². The Kier molecular flexibility index (Phi) is 4.43. The fourth-order valence-electron chi connectivity index (χ4n) is 1.90. The third-order valence-corrected chi connectivity index (χ3v) is 3.02. The summed E-state index contributed by atoms with van der Waals surface area (Å²) in [4.78, 5) is 11.1. The number of carboxylic acids is 1. The van der Waals surface area contributed by atoms with E-state index in [1.807, 2.05) is 18.2 Å². The molecule has 0 aromatic heterocycles. The average molecular weight is 289 g/mol. The van der Waals surface area contributed by atoms with E-state index in [0.717, 1.165) is 11.1 Å². The summed E-state index contributed by atoms with van der Waals surface area (Å²) in [6, 6.07) is 14.3. The van der Waals surface area contributed by atoms with Crippen molar-refractivity contribution in [2.45, 2.75) is 0 Å². The van der Waals surface area contributed by atoms with E-state index in [-0.39, 0.29) is 0 Å². The number of aliphatic carboxylic acids is 1. The smallest absolute Gasteiger partial charge is 0.328 e. The van der Waals surface area contributed by atoms with Crippen LogP contribution in [0.5, 0.6) is 5.75 Å². The second-order valence-corrected chi connectivity index (χ2v) is 4.57. The minimum absolute atomic E-state index is 0.557. The number of halogens is 1. The number of carbonyl (C=O) groups is 1. The molecular formula is C16H13ClO3. The Balaban J connectivity index is 2.56. The molecule has 0 bridgehead atoms. The molecule has 0 atom stereocenters. The van der Waals surface area contributed by atoms with Gasteiger partial charge in [0.05, 0.1) is 7.11 Å². The predicted octanol–water partition coefficient (Wildman–Crippen LogP) is 3.86. The van der Waals surface area contributed by atoms with Gasteiger partial charge in [-0.05, 0) is 41.0 Å². The maximum absolute atomic E-state index is 11.1. The maximum atomic E-state index is 11.1. The molecular weight excluding hydrogens is 276 g/mol. The summed E-state index contributed by atoms with van der Waals surface area (Å²) in [5, 5.41) is 9.62. The van der Waals surface area contributed by atoms with Gasteiger partial charge in [-0.25, -0.2) is 4.79 Å². The first kappa shape index (κ1) is 14.2. The molecule has 102 valence electrons. The Labute approximate surface area is 122 Å². The third kappa shape index (κ3) is 3.39. The lowest BCUT2D eigenvalue weighted by atomic mass is 9.97. The van der Waals surface area contributed by atoms with Crippen molar-refractivity contribution in [2.75, 3.05) is 7.11 Å². The standard InChI is InChI=1S/C16H13ClO3/c1-20-14-7-3-5-12(9-14)15(10-16(18)19)11-4-2-6-13(17)8-11/h2-10H,1H3,(H,18,19). The van der Waals surface area contributed by atoms with Gasteiger partial charge in [0, 0.05) is 11.1 Å². The number of hydrogen-bond acceptors (Lipinski definition) is 2. The summed E-state index contributed by atoms with van der Waals surface area (Å²) < 4.78 is 5.17. The van der Waals surface area contributed by atoms with Crippen LogP contribution in [0, 0.1) is 0 Å². The molecule has 0 saturated heterocycles. The van der Waals surface area contributed by atoms with Crippen molar-refractivity contribution in [3.8, 4) is 5.75 Å². The molecule has 0 radical (unpaired) electrons. The summed E-state index contributed by atoms with van der Waals surface area (Å²) in [5.74, 6) is -0.344. The Morgan fingerprint density at radius 3 is 2.40 bits per heavy atom. The van der Waals surface area contributed by atoms with Gasteiger partial charge in [0.15, 0.2) is 0 Å². The molecule has 0 aliphatic heterocycles. The molecule has 4 heteroatoms. The highest BCUT2D eigenvalue weighted by atomic mass is 35.5. The summed E-state index contributed by atoms with van der Waals surface area (Å²) in [6.45, 7) is 0. The van der Waals surface area contributed by atoms with Crippen molar-refractivity contribution >= 4 is 23.1 Å². The molecule has 0 unspecified atom stereocenters. The lowest BCUT2D eigenvalue weighted by Crippen LogP contribution is -1.95. The number of ether oxygens (including phenoxy) is 1. The third-order valence-electron chi connectivity index (χ3n) is 2.78. The molecule has 0 aliphatic rings. The highest BCUT2D eigenvalue weighted by molar-refractivity contribution is 6.30. The van der Waals surface area contributed by atoms with Gasteiger partial charge >= 0.3 is 5.97 Å². The second-order valence-electron chi connectivity index (χ2n) is 4.14. The molecule has 0 saturated carbocycles. The molecule has 2 aromatic rings. The quantitative estimate of drug-likeness (QED) is 0.869. The number of carboxylic acid groups (broad SMARTS) is 1. The first-order valence-electron chi connectivity index (χ1n) is 5.95. The highest BCUT2D eigenvalue weighted by Gasteiger charge is 2.09. The molecule has 0 amide bonds. The normalized spacial score (nSPS) is 11.2. The zero-order valence-corrected chi connectivity index (χ0v) is 11.6. The lowest BCUT2D eigenvalue weighted by molar-refractivity contribution is -0.131. The van der Waals surface area contributed by atoms with Gasteiger partial charge in [-0.1, -0.05) is 35.9 Å². The Bertz CT molecular complexity index is 662. The molecule has 2 aromatic carbocycles. The SMILES string of the molecule is COc1cccc(C(=CC(=O)O)c2cccc(Cl)c2)c1. The van der Waals surface area contributed by atoms with Gasteiger partial charge in [-0.3, -0.25) is 0 Å². The van der Waals surface area contributed by atoms with Crippen LogP contribution in [0.25, 0.3) is 5.57 Å². The fraction of sp³-hybridized carbons (Fsp3) is 0.0625. The van der Waals surface area contributed by atoms with Crippen LogP contribution >= 0.6 is 11.6 Å². The fourth-order valence-corrected chi connectivity index (χ4v) is 2.09. The summed E-state index contributed by atoms with van der Waals surface area (Å²) >= 11 is 5.97. The van der Waals surface area contributed by atoms with Gasteiger partial charge in [0.1, 0.15) is 5.75 Å². The zero-order chi connectivity index (χ0) is 14.5. The minimum atomic E-state index is -1.01. The molecule has 2 rings (SSSR count). The number of hydrogen-bond donors (Lipinski definition) is 1. The Morgan fingerprint density at radius 1 is 1.15 bits per heavy atom. The Morgan fingerprint density at radius 2 is 1.80 bits per heavy atom. The first-order chi connectivity index (χ1) is 9.60. The molecule has 20 heavy (non-hydrogen) atoms. The molecule has 3 nitrogen and oxygen atoms in total. The van der Waals surface area contributed by atoms with Crippen molar-refractivity contribution in [1.82, 2.24) is 0 Å². The number of methoxy groups -OCH3 is 1. The largest absolute Gasteiger partial charge is 0.497 e. The molecule has 0 aliphatic carbocycles. The van der Waals surface area contributed by atoms with E-state index < -0.39 is 5.97 Å². The summed E-state index contributed by atoms with van der Waals surface area (Å²) in [5.41, 5.74) is 2.08. The van der Waals surface area contributed by atoms with Gasteiger partial charge in [-0.15, -0.1) is 0 Å². The van der Waals surface area contributed by atoms with Gasteiger partial charge in [0.25, 0.3) is 0 Å². The van der Waals surface area contributed by atoms with Crippen molar-refractivity contribution in [3.63, 3.8) is 0 Å². The Hall–Kier alpha value is -2.26. The predicted molar refractivity (Wildman–Crippen MR) is 79.2 cm³/mol. The average Bonchev–Trinajstić information content (AvgIpc) is 2.44. The van der Waals surface area contributed by atoms with E-state index in [2.05, 4.69) is 0 Å². The molecule has 0 fully saturated rings. The maximum Gasteiger partial charge on any atom is 0.328 e. The van der Waals surface area contributed by atoms with Crippen LogP contribution in [0.2, 0.25) is 5.02 Å².